The van der Waals surface area contributed by atoms with Crippen LogP contribution in [0.2, 0.25) is 5.02 Å². The molecule has 1 aromatic carbocycles. The summed E-state index contributed by atoms with van der Waals surface area (Å²) in [4.78, 5) is 14.2. The lowest BCUT2D eigenvalue weighted by Crippen LogP contribution is -2.35. The lowest BCUT2D eigenvalue weighted by molar-refractivity contribution is 0.0693. The standard InChI is InChI=1S/C16H16ClNO2/c17-13-7-3-2-6-12(13)14-8-9-15(20-14)16(19)18-10-4-1-5-11-18/h2-3,6-9H,1,4-5,10-11H2. The molecule has 3 nitrogen and oxygen atoms in total. The molecule has 1 aliphatic heterocycles. The molecule has 0 atom stereocenters. The Bertz CT molecular complexity index is 614. The number of rotatable bonds is 2. The largest absolute Gasteiger partial charge is 0.451 e. The molecule has 0 spiro atoms. The Morgan fingerprint density at radius 2 is 1.80 bits per heavy atom. The number of likely N-dealkylation sites (tertiary alicyclic amines) is 1. The average molecular weight is 290 g/mol. The highest BCUT2D eigenvalue weighted by molar-refractivity contribution is 6.33. The summed E-state index contributed by atoms with van der Waals surface area (Å²) in [6.45, 7) is 1.64. The Morgan fingerprint density at radius 3 is 2.55 bits per heavy atom. The first-order chi connectivity index (χ1) is 9.75. The average Bonchev–Trinajstić information content (AvgIpc) is 2.97. The third-order valence-corrected chi connectivity index (χ3v) is 3.93. The monoisotopic (exact) mass is 289 g/mol. The minimum absolute atomic E-state index is 0.0250. The predicted molar refractivity (Wildman–Crippen MR) is 78.9 cm³/mol. The summed E-state index contributed by atoms with van der Waals surface area (Å²) in [6.07, 6.45) is 3.35. The van der Waals surface area contributed by atoms with Crippen LogP contribution in [-0.2, 0) is 0 Å². The van der Waals surface area contributed by atoms with Crippen LogP contribution >= 0.6 is 11.6 Å². The lowest BCUT2D eigenvalue weighted by Gasteiger charge is -2.25. The van der Waals surface area contributed by atoms with Crippen LogP contribution in [0.1, 0.15) is 29.8 Å². The van der Waals surface area contributed by atoms with E-state index in [-0.39, 0.29) is 5.91 Å². The summed E-state index contributed by atoms with van der Waals surface area (Å²) in [7, 11) is 0. The molecule has 1 saturated heterocycles. The SMILES string of the molecule is O=C(c1ccc(-c2ccccc2Cl)o1)N1CCCCC1. The van der Waals surface area contributed by atoms with Crippen molar-refractivity contribution in [2.45, 2.75) is 19.3 Å². The summed E-state index contributed by atoms with van der Waals surface area (Å²) in [5, 5.41) is 0.624. The second-order valence-electron chi connectivity index (χ2n) is 5.00. The van der Waals surface area contributed by atoms with Gasteiger partial charge in [-0.1, -0.05) is 23.7 Å². The van der Waals surface area contributed by atoms with Crippen molar-refractivity contribution in [2.75, 3.05) is 13.1 Å². The van der Waals surface area contributed by atoms with Crippen molar-refractivity contribution < 1.29 is 9.21 Å². The van der Waals surface area contributed by atoms with Gasteiger partial charge in [-0.15, -0.1) is 0 Å². The summed E-state index contributed by atoms with van der Waals surface area (Å²) in [6, 6.07) is 11.0. The number of furan rings is 1. The third-order valence-electron chi connectivity index (χ3n) is 3.60. The minimum atomic E-state index is -0.0250. The quantitative estimate of drug-likeness (QED) is 0.829. The van der Waals surface area contributed by atoms with Crippen LogP contribution in [0.3, 0.4) is 0 Å². The molecule has 3 rings (SSSR count). The van der Waals surface area contributed by atoms with E-state index in [0.29, 0.717) is 16.5 Å². The van der Waals surface area contributed by atoms with Gasteiger partial charge >= 0.3 is 0 Å². The highest BCUT2D eigenvalue weighted by Crippen LogP contribution is 2.29. The highest BCUT2D eigenvalue weighted by Gasteiger charge is 2.21. The van der Waals surface area contributed by atoms with Crippen molar-refractivity contribution in [1.82, 2.24) is 4.90 Å². The second-order valence-corrected chi connectivity index (χ2v) is 5.40. The van der Waals surface area contributed by atoms with Crippen molar-refractivity contribution >= 4 is 17.5 Å². The van der Waals surface area contributed by atoms with Crippen molar-refractivity contribution in [2.24, 2.45) is 0 Å². The van der Waals surface area contributed by atoms with Gasteiger partial charge in [-0.25, -0.2) is 0 Å². The number of halogens is 1. The minimum Gasteiger partial charge on any atom is -0.451 e. The van der Waals surface area contributed by atoms with E-state index >= 15 is 0 Å². The van der Waals surface area contributed by atoms with Gasteiger partial charge in [-0.05, 0) is 43.5 Å². The van der Waals surface area contributed by atoms with Gasteiger partial charge in [0.25, 0.3) is 5.91 Å². The molecule has 0 radical (unpaired) electrons. The van der Waals surface area contributed by atoms with Gasteiger partial charge in [-0.2, -0.15) is 0 Å². The summed E-state index contributed by atoms with van der Waals surface area (Å²) < 4.78 is 5.69. The first-order valence-corrected chi connectivity index (χ1v) is 7.27. The fourth-order valence-electron chi connectivity index (χ4n) is 2.51. The summed E-state index contributed by atoms with van der Waals surface area (Å²) in [5.41, 5.74) is 0.812. The Balaban J connectivity index is 1.83. The number of nitrogens with zero attached hydrogens (tertiary/aromatic N) is 1. The molecule has 2 heterocycles. The molecule has 2 aromatic rings. The van der Waals surface area contributed by atoms with Gasteiger partial charge < -0.3 is 9.32 Å². The van der Waals surface area contributed by atoms with E-state index in [4.69, 9.17) is 16.0 Å². The zero-order valence-corrected chi connectivity index (χ0v) is 11.9. The topological polar surface area (TPSA) is 33.5 Å². The number of hydrogen-bond acceptors (Lipinski definition) is 2. The molecule has 1 amide bonds. The van der Waals surface area contributed by atoms with Crippen LogP contribution in [0.4, 0.5) is 0 Å². The van der Waals surface area contributed by atoms with Crippen molar-refractivity contribution in [3.05, 3.63) is 47.2 Å². The molecular weight excluding hydrogens is 274 g/mol. The molecule has 0 bridgehead atoms. The van der Waals surface area contributed by atoms with Gasteiger partial charge in [0, 0.05) is 18.7 Å². The smallest absolute Gasteiger partial charge is 0.289 e. The van der Waals surface area contributed by atoms with E-state index in [1.54, 1.807) is 12.1 Å². The van der Waals surface area contributed by atoms with Gasteiger partial charge in [0.2, 0.25) is 0 Å². The van der Waals surface area contributed by atoms with Crippen molar-refractivity contribution in [3.63, 3.8) is 0 Å². The first-order valence-electron chi connectivity index (χ1n) is 6.90. The van der Waals surface area contributed by atoms with E-state index in [1.807, 2.05) is 29.2 Å². The van der Waals surface area contributed by atoms with Crippen LogP contribution in [0.15, 0.2) is 40.8 Å². The van der Waals surface area contributed by atoms with E-state index < -0.39 is 0 Å². The van der Waals surface area contributed by atoms with Crippen LogP contribution in [0.25, 0.3) is 11.3 Å². The van der Waals surface area contributed by atoms with E-state index in [9.17, 15) is 4.79 Å². The van der Waals surface area contributed by atoms with E-state index in [2.05, 4.69) is 0 Å². The summed E-state index contributed by atoms with van der Waals surface area (Å²) in [5.74, 6) is 1.00. The fraction of sp³-hybridized carbons (Fsp3) is 0.312. The number of hydrogen-bond donors (Lipinski definition) is 0. The van der Waals surface area contributed by atoms with Gasteiger partial charge in [0.15, 0.2) is 5.76 Å². The maximum absolute atomic E-state index is 12.3. The second kappa shape index (κ2) is 5.71. The van der Waals surface area contributed by atoms with Gasteiger partial charge in [0.1, 0.15) is 5.76 Å². The van der Waals surface area contributed by atoms with Crippen LogP contribution in [0, 0.1) is 0 Å². The zero-order valence-electron chi connectivity index (χ0n) is 11.1. The number of benzene rings is 1. The molecular formula is C16H16ClNO2. The number of carbonyl (C=O) groups is 1. The number of carbonyl (C=O) groups excluding carboxylic acids is 1. The van der Waals surface area contributed by atoms with E-state index in [1.165, 1.54) is 6.42 Å². The highest BCUT2D eigenvalue weighted by atomic mass is 35.5. The molecule has 1 aromatic heterocycles. The van der Waals surface area contributed by atoms with Crippen molar-refractivity contribution in [1.29, 1.82) is 0 Å². The van der Waals surface area contributed by atoms with Gasteiger partial charge in [-0.3, -0.25) is 4.79 Å². The normalized spacial score (nSPS) is 15.3. The maximum Gasteiger partial charge on any atom is 0.289 e. The fourth-order valence-corrected chi connectivity index (χ4v) is 2.74. The molecule has 0 aliphatic carbocycles. The van der Waals surface area contributed by atoms with Gasteiger partial charge in [0.05, 0.1) is 5.02 Å². The van der Waals surface area contributed by atoms with E-state index in [0.717, 1.165) is 31.5 Å². The van der Waals surface area contributed by atoms with Crippen LogP contribution < -0.4 is 0 Å². The molecule has 1 fully saturated rings. The zero-order chi connectivity index (χ0) is 13.9. The molecule has 104 valence electrons. The molecule has 4 heteroatoms. The molecule has 1 aliphatic rings. The van der Waals surface area contributed by atoms with Crippen LogP contribution in [0.5, 0.6) is 0 Å². The Hall–Kier alpha value is -1.74. The van der Waals surface area contributed by atoms with Crippen LogP contribution in [-0.4, -0.2) is 23.9 Å². The predicted octanol–water partition coefficient (Wildman–Crippen LogP) is 4.23. The summed E-state index contributed by atoms with van der Waals surface area (Å²) >= 11 is 6.14. The Labute approximate surface area is 123 Å². The maximum atomic E-state index is 12.3. The third kappa shape index (κ3) is 2.59. The molecule has 20 heavy (non-hydrogen) atoms. The number of piperidine rings is 1. The molecule has 0 N–H and O–H groups in total. The van der Waals surface area contributed by atoms with Crippen molar-refractivity contribution in [3.8, 4) is 11.3 Å². The molecule has 0 saturated carbocycles. The lowest BCUT2D eigenvalue weighted by atomic mass is 10.1. The molecule has 0 unspecified atom stereocenters. The first kappa shape index (κ1) is 13.3. The Kier molecular flexibility index (Phi) is 3.79. The Morgan fingerprint density at radius 1 is 1.05 bits per heavy atom. The number of amides is 1.